The van der Waals surface area contributed by atoms with Crippen LogP contribution < -0.4 is 5.73 Å². The van der Waals surface area contributed by atoms with Gasteiger partial charge in [-0.2, -0.15) is 0 Å². The molecule has 5 nitrogen and oxygen atoms in total. The fraction of sp³-hybridized carbons (Fsp3) is 0.231. The summed E-state index contributed by atoms with van der Waals surface area (Å²) < 4.78 is 1.09. The lowest BCUT2D eigenvalue weighted by molar-refractivity contribution is 0.0801. The van der Waals surface area contributed by atoms with E-state index in [2.05, 4.69) is 5.16 Å². The number of nitrogens with two attached hydrogens (primary N) is 1. The first kappa shape index (κ1) is 13.4. The molecule has 2 rings (SSSR count). The maximum absolute atomic E-state index is 12.3. The molecule has 0 atom stereocenters. The highest BCUT2D eigenvalue weighted by molar-refractivity contribution is 7.17. The fourth-order valence-corrected chi connectivity index (χ4v) is 2.72. The van der Waals surface area contributed by atoms with Crippen molar-refractivity contribution in [2.45, 2.75) is 6.42 Å². The van der Waals surface area contributed by atoms with Gasteiger partial charge in [0.15, 0.2) is 0 Å². The van der Waals surface area contributed by atoms with Gasteiger partial charge in [0, 0.05) is 35.5 Å². The Morgan fingerprint density at radius 3 is 2.95 bits per heavy atom. The van der Waals surface area contributed by atoms with Gasteiger partial charge in [0.2, 0.25) is 0 Å². The normalized spacial score (nSPS) is 11.7. The van der Waals surface area contributed by atoms with Gasteiger partial charge in [0.05, 0.1) is 5.56 Å². The Labute approximate surface area is 114 Å². The molecule has 2 aromatic rings. The molecule has 0 radical (unpaired) electrons. The first-order valence-corrected chi connectivity index (χ1v) is 6.69. The Bertz CT molecular complexity index is 621. The molecule has 3 N–H and O–H groups in total. The summed E-state index contributed by atoms with van der Waals surface area (Å²) in [7, 11) is 1.71. The standard InChI is InChI=1S/C13H15N3O2S/c1-16(7-6-12(14)15-18)13(17)10-8-19-11-5-3-2-4-9(10)11/h2-5,8,18H,6-7H2,1H3,(H2,14,15). The largest absolute Gasteiger partial charge is 0.409 e. The van der Waals surface area contributed by atoms with Gasteiger partial charge in [-0.25, -0.2) is 0 Å². The number of hydrogen-bond donors (Lipinski definition) is 2. The number of carbonyl (C=O) groups excluding carboxylic acids is 1. The maximum atomic E-state index is 12.3. The van der Waals surface area contributed by atoms with Crippen molar-refractivity contribution >= 4 is 33.2 Å². The third-order valence-electron chi connectivity index (χ3n) is 2.89. The minimum Gasteiger partial charge on any atom is -0.409 e. The highest BCUT2D eigenvalue weighted by Crippen LogP contribution is 2.26. The Morgan fingerprint density at radius 1 is 1.47 bits per heavy atom. The third-order valence-corrected chi connectivity index (χ3v) is 3.85. The van der Waals surface area contributed by atoms with Gasteiger partial charge in [0.25, 0.3) is 5.91 Å². The molecule has 1 heterocycles. The van der Waals surface area contributed by atoms with Gasteiger partial charge in [-0.05, 0) is 6.07 Å². The van der Waals surface area contributed by atoms with Crippen molar-refractivity contribution in [1.29, 1.82) is 0 Å². The van der Waals surface area contributed by atoms with Crippen LogP contribution in [-0.2, 0) is 0 Å². The SMILES string of the molecule is CN(CC/C(N)=N/O)C(=O)c1csc2ccccc12. The summed E-state index contributed by atoms with van der Waals surface area (Å²) in [5.41, 5.74) is 6.09. The molecular weight excluding hydrogens is 262 g/mol. The van der Waals surface area contributed by atoms with E-state index in [9.17, 15) is 4.79 Å². The van der Waals surface area contributed by atoms with E-state index in [4.69, 9.17) is 10.9 Å². The minimum atomic E-state index is -0.0526. The van der Waals surface area contributed by atoms with E-state index in [0.717, 1.165) is 10.1 Å². The van der Waals surface area contributed by atoms with Crippen LogP contribution in [0.1, 0.15) is 16.8 Å². The molecule has 1 amide bonds. The molecule has 6 heteroatoms. The number of amides is 1. The van der Waals surface area contributed by atoms with E-state index in [0.29, 0.717) is 18.5 Å². The van der Waals surface area contributed by atoms with Crippen molar-refractivity contribution in [3.63, 3.8) is 0 Å². The molecule has 0 bridgehead atoms. The zero-order valence-electron chi connectivity index (χ0n) is 10.5. The van der Waals surface area contributed by atoms with Crippen LogP contribution in [0.4, 0.5) is 0 Å². The van der Waals surface area contributed by atoms with Crippen molar-refractivity contribution < 1.29 is 10.0 Å². The van der Waals surface area contributed by atoms with Crippen LogP contribution in [-0.4, -0.2) is 35.4 Å². The molecule has 0 saturated heterocycles. The summed E-state index contributed by atoms with van der Waals surface area (Å²) in [6.07, 6.45) is 0.348. The number of benzene rings is 1. The van der Waals surface area contributed by atoms with Crippen LogP contribution in [0.3, 0.4) is 0 Å². The summed E-state index contributed by atoms with van der Waals surface area (Å²) in [6, 6.07) is 7.81. The molecule has 0 aliphatic heterocycles. The predicted octanol–water partition coefficient (Wildman–Crippen LogP) is 2.11. The van der Waals surface area contributed by atoms with E-state index >= 15 is 0 Å². The van der Waals surface area contributed by atoms with Gasteiger partial charge in [-0.3, -0.25) is 4.79 Å². The highest BCUT2D eigenvalue weighted by Gasteiger charge is 2.16. The molecule has 19 heavy (non-hydrogen) atoms. The summed E-state index contributed by atoms with van der Waals surface area (Å²) in [5, 5.41) is 14.2. The van der Waals surface area contributed by atoms with Gasteiger partial charge in [0.1, 0.15) is 5.84 Å². The Kier molecular flexibility index (Phi) is 4.01. The molecule has 0 aliphatic rings. The van der Waals surface area contributed by atoms with Crippen molar-refractivity contribution in [2.24, 2.45) is 10.9 Å². The second kappa shape index (κ2) is 5.71. The van der Waals surface area contributed by atoms with E-state index in [1.807, 2.05) is 29.6 Å². The average Bonchev–Trinajstić information content (AvgIpc) is 2.87. The number of rotatable bonds is 4. The topological polar surface area (TPSA) is 78.9 Å². The summed E-state index contributed by atoms with van der Waals surface area (Å²) in [4.78, 5) is 13.9. The summed E-state index contributed by atoms with van der Waals surface area (Å²) in [5.74, 6) is 0.0676. The molecular formula is C13H15N3O2S. The monoisotopic (exact) mass is 277 g/mol. The zero-order valence-corrected chi connectivity index (χ0v) is 11.4. The van der Waals surface area contributed by atoms with Crippen LogP contribution in [0.5, 0.6) is 0 Å². The van der Waals surface area contributed by atoms with Gasteiger partial charge < -0.3 is 15.8 Å². The highest BCUT2D eigenvalue weighted by atomic mass is 32.1. The van der Waals surface area contributed by atoms with E-state index in [1.165, 1.54) is 0 Å². The quantitative estimate of drug-likeness (QED) is 0.389. The Hall–Kier alpha value is -2.08. The first-order chi connectivity index (χ1) is 9.13. The predicted molar refractivity (Wildman–Crippen MR) is 76.8 cm³/mol. The van der Waals surface area contributed by atoms with Gasteiger partial charge >= 0.3 is 0 Å². The number of fused-ring (bicyclic) bond motifs is 1. The fourth-order valence-electron chi connectivity index (χ4n) is 1.78. The lowest BCUT2D eigenvalue weighted by Gasteiger charge is -2.16. The number of amidine groups is 1. The lowest BCUT2D eigenvalue weighted by Crippen LogP contribution is -2.30. The van der Waals surface area contributed by atoms with Gasteiger partial charge in [-0.1, -0.05) is 23.4 Å². The van der Waals surface area contributed by atoms with E-state index < -0.39 is 0 Å². The molecule has 0 aliphatic carbocycles. The van der Waals surface area contributed by atoms with Crippen molar-refractivity contribution in [1.82, 2.24) is 4.90 Å². The minimum absolute atomic E-state index is 0.0526. The van der Waals surface area contributed by atoms with Crippen LogP contribution in [0.15, 0.2) is 34.8 Å². The second-order valence-corrected chi connectivity index (χ2v) is 5.12. The number of carbonyl (C=O) groups is 1. The first-order valence-electron chi connectivity index (χ1n) is 5.81. The van der Waals surface area contributed by atoms with Crippen molar-refractivity contribution in [3.05, 3.63) is 35.2 Å². The lowest BCUT2D eigenvalue weighted by atomic mass is 10.1. The number of nitrogens with zero attached hydrogens (tertiary/aromatic N) is 2. The van der Waals surface area contributed by atoms with Crippen LogP contribution in [0.25, 0.3) is 10.1 Å². The number of thiophene rings is 1. The van der Waals surface area contributed by atoms with Crippen LogP contribution in [0, 0.1) is 0 Å². The zero-order chi connectivity index (χ0) is 13.8. The molecule has 100 valence electrons. The van der Waals surface area contributed by atoms with Crippen molar-refractivity contribution in [2.75, 3.05) is 13.6 Å². The summed E-state index contributed by atoms with van der Waals surface area (Å²) in [6.45, 7) is 0.416. The molecule has 0 saturated carbocycles. The molecule has 0 unspecified atom stereocenters. The molecule has 0 fully saturated rings. The maximum Gasteiger partial charge on any atom is 0.255 e. The summed E-state index contributed by atoms with van der Waals surface area (Å²) >= 11 is 1.55. The van der Waals surface area contributed by atoms with E-state index in [-0.39, 0.29) is 11.7 Å². The third kappa shape index (κ3) is 2.85. The number of hydrogen-bond acceptors (Lipinski definition) is 4. The van der Waals surface area contributed by atoms with Gasteiger partial charge in [-0.15, -0.1) is 11.3 Å². The smallest absolute Gasteiger partial charge is 0.255 e. The molecule has 0 spiro atoms. The van der Waals surface area contributed by atoms with Crippen molar-refractivity contribution in [3.8, 4) is 0 Å². The average molecular weight is 277 g/mol. The number of oxime groups is 1. The molecule has 1 aromatic heterocycles. The molecule has 1 aromatic carbocycles. The Balaban J connectivity index is 2.15. The second-order valence-electron chi connectivity index (χ2n) is 4.21. The van der Waals surface area contributed by atoms with Crippen LogP contribution >= 0.6 is 11.3 Å². The van der Waals surface area contributed by atoms with Crippen LogP contribution in [0.2, 0.25) is 0 Å². The Morgan fingerprint density at radius 2 is 2.21 bits per heavy atom. The van der Waals surface area contributed by atoms with E-state index in [1.54, 1.807) is 23.3 Å².